The lowest BCUT2D eigenvalue weighted by molar-refractivity contribution is -0.0839. The van der Waals surface area contributed by atoms with Crippen molar-refractivity contribution in [3.63, 3.8) is 0 Å². The van der Waals surface area contributed by atoms with Crippen LogP contribution in [-0.4, -0.2) is 100 Å². The maximum absolute atomic E-state index is 10.2. The molecule has 0 aromatic carbocycles. The number of ether oxygens (including phenoxy) is 2. The molecule has 0 aromatic rings. The van der Waals surface area contributed by atoms with E-state index in [-0.39, 0.29) is 38.3 Å². The first-order valence-electron chi connectivity index (χ1n) is 15.3. The van der Waals surface area contributed by atoms with Gasteiger partial charge in [0.1, 0.15) is 0 Å². The Morgan fingerprint density at radius 3 is 0.927 bits per heavy atom. The summed E-state index contributed by atoms with van der Waals surface area (Å²) in [5, 5.41) is 20.4. The van der Waals surface area contributed by atoms with Crippen LogP contribution in [0.2, 0.25) is 104 Å². The molecule has 0 bridgehead atoms. The van der Waals surface area contributed by atoms with Crippen molar-refractivity contribution in [2.45, 2.75) is 118 Å². The van der Waals surface area contributed by atoms with Crippen LogP contribution in [0.1, 0.15) is 13.8 Å². The van der Waals surface area contributed by atoms with Gasteiger partial charge in [-0.25, -0.2) is 0 Å². The average Bonchev–Trinajstić information content (AvgIpc) is 2.65. The number of rotatable bonds is 22. The van der Waals surface area contributed by atoms with Crippen molar-refractivity contribution in [3.05, 3.63) is 0 Å². The molecule has 0 aliphatic heterocycles. The molecular weight excluding hydrogens is 621 g/mol. The quantitative estimate of drug-likeness (QED) is 0.120. The van der Waals surface area contributed by atoms with Crippen LogP contribution in [0, 0.1) is 17.3 Å². The van der Waals surface area contributed by atoms with Crippen LogP contribution in [-0.2, 0) is 25.9 Å². The lowest BCUT2D eigenvalue weighted by Crippen LogP contribution is -2.53. The minimum atomic E-state index is -2.37. The lowest BCUT2D eigenvalue weighted by atomic mass is 9.92. The second kappa shape index (κ2) is 16.5. The highest BCUT2D eigenvalue weighted by molar-refractivity contribution is 6.88. The molecule has 0 aliphatic rings. The van der Waals surface area contributed by atoms with Gasteiger partial charge in [-0.2, -0.15) is 0 Å². The Morgan fingerprint density at radius 1 is 0.488 bits per heavy atom. The molecule has 0 rings (SSSR count). The van der Waals surface area contributed by atoms with Gasteiger partial charge in [0.15, 0.2) is 33.3 Å². The Balaban J connectivity index is 5.12. The molecule has 41 heavy (non-hydrogen) atoms. The first kappa shape index (κ1) is 42.0. The van der Waals surface area contributed by atoms with E-state index in [1.54, 1.807) is 0 Å². The van der Waals surface area contributed by atoms with Crippen LogP contribution >= 0.6 is 0 Å². The number of aliphatic hydroxyl groups excluding tert-OH is 2. The summed E-state index contributed by atoms with van der Waals surface area (Å²) in [5.41, 5.74) is -0.853. The van der Waals surface area contributed by atoms with Crippen molar-refractivity contribution >= 4 is 50.4 Å². The SMILES string of the molecule is CC(COCC(CO)(CO)COCC(C)C[Si](C)(O[Si](C)(C)C)O[Si](C)(C)C)C[Si](C)(O[Si](C)(C)C)O[Si](C)(C)C. The fraction of sp³-hybridized carbons (Fsp3) is 1.00. The fourth-order valence-electron chi connectivity index (χ4n) is 5.41. The summed E-state index contributed by atoms with van der Waals surface area (Å²) < 4.78 is 38.8. The predicted molar refractivity (Wildman–Crippen MR) is 187 cm³/mol. The zero-order valence-electron chi connectivity index (χ0n) is 29.7. The number of hydrogen-bond donors (Lipinski definition) is 2. The van der Waals surface area contributed by atoms with Crippen LogP contribution in [0.15, 0.2) is 0 Å². The zero-order valence-corrected chi connectivity index (χ0v) is 35.7. The molecule has 14 heteroatoms. The third kappa shape index (κ3) is 20.6. The second-order valence-corrected chi connectivity index (χ2v) is 42.1. The first-order valence-corrected chi connectivity index (χ1v) is 34.0. The number of aliphatic hydroxyl groups is 2. The highest BCUT2D eigenvalue weighted by Crippen LogP contribution is 2.30. The smallest absolute Gasteiger partial charge is 0.314 e. The van der Waals surface area contributed by atoms with Crippen LogP contribution < -0.4 is 0 Å². The first-order chi connectivity index (χ1) is 18.2. The van der Waals surface area contributed by atoms with E-state index in [0.29, 0.717) is 13.2 Å². The van der Waals surface area contributed by atoms with Gasteiger partial charge in [0.2, 0.25) is 0 Å². The van der Waals surface area contributed by atoms with Crippen molar-refractivity contribution in [3.8, 4) is 0 Å². The molecular formula is C27H68O8Si6. The minimum Gasteiger partial charge on any atom is -0.437 e. The van der Waals surface area contributed by atoms with E-state index in [4.69, 9.17) is 25.9 Å². The molecule has 248 valence electrons. The number of hydrogen-bond acceptors (Lipinski definition) is 8. The van der Waals surface area contributed by atoms with Crippen LogP contribution in [0.4, 0.5) is 0 Å². The lowest BCUT2D eigenvalue weighted by Gasteiger charge is -2.40. The van der Waals surface area contributed by atoms with Crippen molar-refractivity contribution in [1.29, 1.82) is 0 Å². The summed E-state index contributed by atoms with van der Waals surface area (Å²) in [6, 6.07) is 1.70. The molecule has 0 amide bonds. The Hall–Kier alpha value is 0.981. The summed E-state index contributed by atoms with van der Waals surface area (Å²) in [7, 11) is -11.8. The summed E-state index contributed by atoms with van der Waals surface area (Å²) in [6.07, 6.45) is 0. The van der Waals surface area contributed by atoms with Gasteiger partial charge >= 0.3 is 17.1 Å². The van der Waals surface area contributed by atoms with Crippen LogP contribution in [0.5, 0.6) is 0 Å². The normalized spacial score (nSPS) is 16.2. The molecule has 2 N–H and O–H groups in total. The summed E-state index contributed by atoms with van der Waals surface area (Å²) in [4.78, 5) is 0. The van der Waals surface area contributed by atoms with E-state index in [9.17, 15) is 10.2 Å². The third-order valence-electron chi connectivity index (χ3n) is 5.82. The van der Waals surface area contributed by atoms with Gasteiger partial charge in [0.25, 0.3) is 0 Å². The standard InChI is InChI=1S/C27H68O8Si6/c1-25(19-40(15,32-36(3,4)5)33-37(6,7)8)17-30-23-27(21-28,22-29)24-31-18-26(2)20-41(16,34-38(9,10)11)35-39(12,13)14/h25-26,28-29H,17-24H2,1-16H3. The van der Waals surface area contributed by atoms with Gasteiger partial charge in [0, 0.05) is 13.2 Å². The van der Waals surface area contributed by atoms with E-state index in [0.717, 1.165) is 12.1 Å². The van der Waals surface area contributed by atoms with Gasteiger partial charge in [-0.15, -0.1) is 0 Å². The molecule has 0 saturated carbocycles. The van der Waals surface area contributed by atoms with E-state index in [2.05, 4.69) is 106 Å². The van der Waals surface area contributed by atoms with Gasteiger partial charge in [-0.3, -0.25) is 0 Å². The maximum atomic E-state index is 10.2. The predicted octanol–water partition coefficient (Wildman–Crippen LogP) is 6.81. The molecule has 0 fully saturated rings. The largest absolute Gasteiger partial charge is 0.437 e. The molecule has 2 atom stereocenters. The molecule has 0 spiro atoms. The van der Waals surface area contributed by atoms with Gasteiger partial charge in [-0.1, -0.05) is 13.8 Å². The Bertz CT molecular complexity index is 652. The molecule has 0 aromatic heterocycles. The monoisotopic (exact) mass is 688 g/mol. The molecule has 0 aliphatic carbocycles. The van der Waals surface area contributed by atoms with E-state index in [1.807, 2.05) is 0 Å². The Kier molecular flexibility index (Phi) is 16.9. The van der Waals surface area contributed by atoms with Crippen LogP contribution in [0.3, 0.4) is 0 Å². The third-order valence-corrected chi connectivity index (χ3v) is 25.4. The van der Waals surface area contributed by atoms with Gasteiger partial charge in [0.05, 0.1) is 31.8 Å². The Morgan fingerprint density at radius 2 is 0.732 bits per heavy atom. The molecule has 0 radical (unpaired) electrons. The van der Waals surface area contributed by atoms with E-state index < -0.39 is 55.8 Å². The summed E-state index contributed by atoms with van der Waals surface area (Å²) in [5.74, 6) is 0.464. The maximum Gasteiger partial charge on any atom is 0.314 e. The molecule has 2 unspecified atom stereocenters. The van der Waals surface area contributed by atoms with Gasteiger partial charge < -0.3 is 36.1 Å². The fourth-order valence-corrected chi connectivity index (χ4v) is 31.3. The van der Waals surface area contributed by atoms with E-state index in [1.165, 1.54) is 0 Å². The second-order valence-electron chi connectivity index (χ2n) is 16.6. The minimum absolute atomic E-state index is 0.208. The highest BCUT2D eigenvalue weighted by atomic mass is 28.5. The molecule has 0 heterocycles. The average molecular weight is 689 g/mol. The highest BCUT2D eigenvalue weighted by Gasteiger charge is 2.43. The van der Waals surface area contributed by atoms with Crippen molar-refractivity contribution in [2.75, 3.05) is 39.6 Å². The van der Waals surface area contributed by atoms with Crippen molar-refractivity contribution in [2.24, 2.45) is 17.3 Å². The van der Waals surface area contributed by atoms with Crippen molar-refractivity contribution in [1.82, 2.24) is 0 Å². The van der Waals surface area contributed by atoms with Crippen LogP contribution in [0.25, 0.3) is 0 Å². The topological polar surface area (TPSA) is 95.8 Å². The molecule has 8 nitrogen and oxygen atoms in total. The summed E-state index contributed by atoms with van der Waals surface area (Å²) in [6.45, 7) is 36.3. The zero-order chi connectivity index (χ0) is 32.6. The van der Waals surface area contributed by atoms with Crippen molar-refractivity contribution < 1.29 is 36.1 Å². The van der Waals surface area contributed by atoms with E-state index >= 15 is 0 Å². The summed E-state index contributed by atoms with van der Waals surface area (Å²) >= 11 is 0. The van der Waals surface area contributed by atoms with Gasteiger partial charge in [-0.05, 0) is 116 Å². The Labute approximate surface area is 260 Å². The molecule has 0 saturated heterocycles.